The van der Waals surface area contributed by atoms with Crippen molar-refractivity contribution in [3.05, 3.63) is 40.2 Å². The second-order valence-corrected chi connectivity index (χ2v) is 7.13. The van der Waals surface area contributed by atoms with Crippen molar-refractivity contribution in [2.24, 2.45) is 0 Å². The van der Waals surface area contributed by atoms with Crippen LogP contribution in [-0.4, -0.2) is 24.0 Å². The van der Waals surface area contributed by atoms with E-state index in [-0.39, 0.29) is 0 Å². The van der Waals surface area contributed by atoms with Crippen LogP contribution < -0.4 is 20.8 Å². The van der Waals surface area contributed by atoms with Crippen molar-refractivity contribution in [3.63, 3.8) is 0 Å². The molecule has 0 radical (unpaired) electrons. The van der Waals surface area contributed by atoms with E-state index in [9.17, 15) is 19.5 Å². The predicted molar refractivity (Wildman–Crippen MR) is 108 cm³/mol. The first-order valence-electron chi connectivity index (χ1n) is 10.1. The molecule has 2 atom stereocenters. The Labute approximate surface area is 170 Å². The van der Waals surface area contributed by atoms with Gasteiger partial charge in [0, 0.05) is 17.5 Å². The first-order valence-corrected chi connectivity index (χ1v) is 10.1. The van der Waals surface area contributed by atoms with Gasteiger partial charge < -0.3 is 24.4 Å². The smallest absolute Gasteiger partial charge is 0.336 e. The van der Waals surface area contributed by atoms with Crippen molar-refractivity contribution in [3.8, 4) is 5.75 Å². The van der Waals surface area contributed by atoms with Gasteiger partial charge in [0.15, 0.2) is 6.10 Å². The maximum atomic E-state index is 12.3. The number of carbonyl (C=O) groups excluding carboxylic acids is 2. The van der Waals surface area contributed by atoms with E-state index in [0.717, 1.165) is 36.6 Å². The summed E-state index contributed by atoms with van der Waals surface area (Å²) in [5, 5.41) is 14.5. The molecular formula is C22H28NO6-. The van der Waals surface area contributed by atoms with Crippen LogP contribution in [0.25, 0.3) is 11.0 Å². The maximum absolute atomic E-state index is 12.3. The van der Waals surface area contributed by atoms with Crippen molar-refractivity contribution >= 4 is 22.8 Å². The molecule has 2 rings (SSSR count). The summed E-state index contributed by atoms with van der Waals surface area (Å²) in [6.45, 7) is 5.55. The van der Waals surface area contributed by atoms with Gasteiger partial charge in [0.2, 0.25) is 0 Å². The molecule has 2 aromatic rings. The van der Waals surface area contributed by atoms with Gasteiger partial charge in [-0.15, -0.1) is 0 Å². The number of unbranched alkanes of at least 4 members (excludes halogenated alkanes) is 2. The van der Waals surface area contributed by atoms with Gasteiger partial charge in [-0.25, -0.2) is 4.79 Å². The number of benzene rings is 1. The molecular weight excluding hydrogens is 374 g/mol. The SMILES string of the molecule is CCCCc1cc(=O)oc2cc(O[C@H](C)C(=O)N[C@@H](CCCC)C(=O)[O-])ccc12. The van der Waals surface area contributed by atoms with Crippen LogP contribution in [0.5, 0.6) is 5.75 Å². The van der Waals surface area contributed by atoms with Crippen molar-refractivity contribution in [2.45, 2.75) is 71.4 Å². The number of fused-ring (bicyclic) bond motifs is 1. The predicted octanol–water partition coefficient (Wildman–Crippen LogP) is 2.33. The fourth-order valence-electron chi connectivity index (χ4n) is 3.06. The molecule has 1 N–H and O–H groups in total. The lowest BCUT2D eigenvalue weighted by atomic mass is 10.0. The van der Waals surface area contributed by atoms with Crippen LogP contribution in [0.3, 0.4) is 0 Å². The van der Waals surface area contributed by atoms with Gasteiger partial charge in [-0.05, 0) is 43.9 Å². The number of aryl methyl sites for hydroxylation is 1. The van der Waals surface area contributed by atoms with E-state index < -0.39 is 29.6 Å². The Morgan fingerprint density at radius 1 is 1.17 bits per heavy atom. The van der Waals surface area contributed by atoms with E-state index in [1.807, 2.05) is 6.92 Å². The number of hydrogen-bond donors (Lipinski definition) is 1. The summed E-state index contributed by atoms with van der Waals surface area (Å²) in [7, 11) is 0. The number of nitrogens with one attached hydrogen (secondary N) is 1. The Morgan fingerprint density at radius 3 is 2.55 bits per heavy atom. The number of hydrogen-bond acceptors (Lipinski definition) is 6. The normalized spacial score (nSPS) is 13.1. The molecule has 0 unspecified atom stereocenters. The first-order chi connectivity index (χ1) is 13.8. The monoisotopic (exact) mass is 402 g/mol. The number of rotatable bonds is 11. The quantitative estimate of drug-likeness (QED) is 0.578. The summed E-state index contributed by atoms with van der Waals surface area (Å²) in [5.41, 5.74) is 0.881. The lowest BCUT2D eigenvalue weighted by Gasteiger charge is -2.22. The fraction of sp³-hybridized carbons (Fsp3) is 0.500. The summed E-state index contributed by atoms with van der Waals surface area (Å²) in [6.07, 6.45) is 3.61. The zero-order valence-electron chi connectivity index (χ0n) is 17.2. The largest absolute Gasteiger partial charge is 0.548 e. The highest BCUT2D eigenvalue weighted by Gasteiger charge is 2.20. The Kier molecular flexibility index (Phi) is 8.24. The summed E-state index contributed by atoms with van der Waals surface area (Å²) in [6, 6.07) is 5.53. The molecule has 0 aliphatic carbocycles. The molecule has 7 nitrogen and oxygen atoms in total. The number of aliphatic carboxylic acids is 1. The third-order valence-corrected chi connectivity index (χ3v) is 4.73. The molecule has 1 amide bonds. The highest BCUT2D eigenvalue weighted by Crippen LogP contribution is 2.24. The third kappa shape index (κ3) is 6.34. The highest BCUT2D eigenvalue weighted by molar-refractivity contribution is 5.86. The van der Waals surface area contributed by atoms with Crippen LogP contribution in [0.1, 0.15) is 58.4 Å². The minimum atomic E-state index is -1.31. The molecule has 1 heterocycles. The minimum absolute atomic E-state index is 0.305. The van der Waals surface area contributed by atoms with Crippen molar-refractivity contribution < 1.29 is 23.8 Å². The topological polar surface area (TPSA) is 109 Å². The van der Waals surface area contributed by atoms with Gasteiger partial charge in [0.1, 0.15) is 11.3 Å². The van der Waals surface area contributed by atoms with E-state index in [1.165, 1.54) is 13.0 Å². The molecule has 0 saturated carbocycles. The second kappa shape index (κ2) is 10.6. The lowest BCUT2D eigenvalue weighted by molar-refractivity contribution is -0.308. The van der Waals surface area contributed by atoms with Crippen molar-refractivity contribution in [2.75, 3.05) is 0 Å². The van der Waals surface area contributed by atoms with E-state index in [1.54, 1.807) is 18.2 Å². The molecule has 158 valence electrons. The number of carboxylic acids is 1. The van der Waals surface area contributed by atoms with Gasteiger partial charge in [0.25, 0.3) is 5.91 Å². The summed E-state index contributed by atoms with van der Waals surface area (Å²) >= 11 is 0. The summed E-state index contributed by atoms with van der Waals surface area (Å²) < 4.78 is 10.9. The molecule has 0 spiro atoms. The molecule has 0 fully saturated rings. The molecule has 7 heteroatoms. The molecule has 0 saturated heterocycles. The van der Waals surface area contributed by atoms with Gasteiger partial charge in [-0.2, -0.15) is 0 Å². The zero-order chi connectivity index (χ0) is 21.4. The number of ether oxygens (including phenoxy) is 1. The molecule has 1 aromatic heterocycles. The van der Waals surface area contributed by atoms with Crippen LogP contribution in [0.2, 0.25) is 0 Å². The van der Waals surface area contributed by atoms with E-state index >= 15 is 0 Å². The van der Waals surface area contributed by atoms with Crippen molar-refractivity contribution in [1.82, 2.24) is 5.32 Å². The number of amides is 1. The standard InChI is InChI=1S/C22H29NO6/c1-4-6-8-15-12-20(24)29-19-13-16(10-11-17(15)19)28-14(3)21(25)23-18(22(26)27)9-7-5-2/h10-14,18H,4-9H2,1-3H3,(H,23,25)(H,26,27)/p-1/t14-,18+/m1/s1. The van der Waals surface area contributed by atoms with Gasteiger partial charge >= 0.3 is 5.63 Å². The lowest BCUT2D eigenvalue weighted by Crippen LogP contribution is -2.51. The molecule has 0 aliphatic heterocycles. The second-order valence-electron chi connectivity index (χ2n) is 7.13. The van der Waals surface area contributed by atoms with Crippen LogP contribution in [0.15, 0.2) is 33.5 Å². The molecule has 29 heavy (non-hydrogen) atoms. The molecule has 0 bridgehead atoms. The van der Waals surface area contributed by atoms with Gasteiger partial charge in [0.05, 0.1) is 12.0 Å². The Bertz CT molecular complexity index is 904. The molecule has 0 aliphatic rings. The summed E-state index contributed by atoms with van der Waals surface area (Å²) in [5.74, 6) is -1.51. The Hall–Kier alpha value is -2.83. The van der Waals surface area contributed by atoms with Crippen LogP contribution >= 0.6 is 0 Å². The van der Waals surface area contributed by atoms with Crippen LogP contribution in [0.4, 0.5) is 0 Å². The number of carboxylic acid groups (broad SMARTS) is 1. The van der Waals surface area contributed by atoms with Gasteiger partial charge in [-0.3, -0.25) is 4.79 Å². The van der Waals surface area contributed by atoms with Crippen LogP contribution in [-0.2, 0) is 16.0 Å². The van der Waals surface area contributed by atoms with Crippen molar-refractivity contribution in [1.29, 1.82) is 0 Å². The van der Waals surface area contributed by atoms with E-state index in [0.29, 0.717) is 24.2 Å². The maximum Gasteiger partial charge on any atom is 0.336 e. The van der Waals surface area contributed by atoms with Crippen LogP contribution in [0, 0.1) is 0 Å². The zero-order valence-corrected chi connectivity index (χ0v) is 17.2. The first kappa shape index (κ1) is 22.5. The van der Waals surface area contributed by atoms with E-state index in [2.05, 4.69) is 12.2 Å². The Balaban J connectivity index is 2.13. The summed E-state index contributed by atoms with van der Waals surface area (Å²) in [4.78, 5) is 35.4. The Morgan fingerprint density at radius 2 is 1.90 bits per heavy atom. The average Bonchev–Trinajstić information content (AvgIpc) is 2.68. The van der Waals surface area contributed by atoms with E-state index in [4.69, 9.17) is 9.15 Å². The third-order valence-electron chi connectivity index (χ3n) is 4.73. The molecule has 1 aromatic carbocycles. The fourth-order valence-corrected chi connectivity index (χ4v) is 3.06. The average molecular weight is 402 g/mol. The highest BCUT2D eigenvalue weighted by atomic mass is 16.5. The van der Waals surface area contributed by atoms with Gasteiger partial charge in [-0.1, -0.05) is 33.1 Å². The minimum Gasteiger partial charge on any atom is -0.548 e. The number of carbonyl (C=O) groups is 2.